The van der Waals surface area contributed by atoms with E-state index < -0.39 is 23.5 Å². The molecule has 0 aliphatic heterocycles. The standard InChI is InChI=1S/C12H21NO4/c1-8-6-4-5-7-12(8,11(15)16)13-9(2)10(14)17-3/h8-9,13H,4-7H2,1-3H3,(H,15,16). The first-order valence-corrected chi connectivity index (χ1v) is 6.03. The first-order valence-electron chi connectivity index (χ1n) is 6.03. The van der Waals surface area contributed by atoms with Crippen molar-refractivity contribution in [3.63, 3.8) is 0 Å². The number of hydrogen-bond donors (Lipinski definition) is 2. The van der Waals surface area contributed by atoms with Gasteiger partial charge in [0.05, 0.1) is 7.11 Å². The van der Waals surface area contributed by atoms with Crippen LogP contribution in [0.5, 0.6) is 0 Å². The van der Waals surface area contributed by atoms with Gasteiger partial charge < -0.3 is 9.84 Å². The zero-order valence-corrected chi connectivity index (χ0v) is 10.7. The molecule has 3 unspecified atom stereocenters. The molecular weight excluding hydrogens is 222 g/mol. The molecule has 98 valence electrons. The second-order valence-corrected chi connectivity index (χ2v) is 4.81. The highest BCUT2D eigenvalue weighted by Gasteiger charge is 2.46. The Morgan fingerprint density at radius 3 is 2.59 bits per heavy atom. The second kappa shape index (κ2) is 5.49. The Morgan fingerprint density at radius 2 is 2.12 bits per heavy atom. The van der Waals surface area contributed by atoms with Crippen LogP contribution in [0.1, 0.15) is 39.5 Å². The summed E-state index contributed by atoms with van der Waals surface area (Å²) < 4.78 is 4.62. The first-order chi connectivity index (χ1) is 7.94. The molecule has 1 rings (SSSR count). The third-order valence-electron chi connectivity index (χ3n) is 3.71. The number of carboxylic acids is 1. The number of carboxylic acid groups (broad SMARTS) is 1. The van der Waals surface area contributed by atoms with E-state index in [4.69, 9.17) is 0 Å². The zero-order valence-electron chi connectivity index (χ0n) is 10.7. The van der Waals surface area contributed by atoms with Gasteiger partial charge in [0.15, 0.2) is 0 Å². The smallest absolute Gasteiger partial charge is 0.324 e. The Balaban J connectivity index is 2.85. The number of rotatable bonds is 4. The number of esters is 1. The van der Waals surface area contributed by atoms with Crippen molar-refractivity contribution in [2.75, 3.05) is 7.11 Å². The van der Waals surface area contributed by atoms with Crippen LogP contribution in [0, 0.1) is 5.92 Å². The molecule has 5 nitrogen and oxygen atoms in total. The van der Waals surface area contributed by atoms with Crippen LogP contribution in [-0.4, -0.2) is 35.7 Å². The predicted octanol–water partition coefficient (Wildman–Crippen LogP) is 1.17. The van der Waals surface area contributed by atoms with Crippen molar-refractivity contribution >= 4 is 11.9 Å². The Bertz CT molecular complexity index is 305. The SMILES string of the molecule is COC(=O)C(C)NC1(C(=O)O)CCCCC1C. The highest BCUT2D eigenvalue weighted by molar-refractivity contribution is 5.82. The molecule has 1 saturated carbocycles. The fraction of sp³-hybridized carbons (Fsp3) is 0.833. The molecule has 1 aliphatic rings. The Morgan fingerprint density at radius 1 is 1.47 bits per heavy atom. The molecule has 0 heterocycles. The van der Waals surface area contributed by atoms with Crippen LogP contribution < -0.4 is 5.32 Å². The van der Waals surface area contributed by atoms with Crippen LogP contribution in [0.25, 0.3) is 0 Å². The fourth-order valence-electron chi connectivity index (χ4n) is 2.56. The van der Waals surface area contributed by atoms with E-state index >= 15 is 0 Å². The molecule has 0 spiro atoms. The molecule has 0 bridgehead atoms. The van der Waals surface area contributed by atoms with Crippen molar-refractivity contribution in [1.29, 1.82) is 0 Å². The zero-order chi connectivity index (χ0) is 13.1. The summed E-state index contributed by atoms with van der Waals surface area (Å²) in [6.45, 7) is 3.56. The average molecular weight is 243 g/mol. The minimum Gasteiger partial charge on any atom is -0.480 e. The fourth-order valence-corrected chi connectivity index (χ4v) is 2.56. The van der Waals surface area contributed by atoms with E-state index in [1.165, 1.54) is 7.11 Å². The number of ether oxygens (including phenoxy) is 1. The number of methoxy groups -OCH3 is 1. The summed E-state index contributed by atoms with van der Waals surface area (Å²) >= 11 is 0. The lowest BCUT2D eigenvalue weighted by molar-refractivity contribution is -0.152. The molecule has 0 aromatic rings. The summed E-state index contributed by atoms with van der Waals surface area (Å²) in [5.74, 6) is -1.29. The highest BCUT2D eigenvalue weighted by Crippen LogP contribution is 2.34. The minimum absolute atomic E-state index is 0.0147. The van der Waals surface area contributed by atoms with E-state index in [-0.39, 0.29) is 5.92 Å². The number of nitrogens with one attached hydrogen (secondary N) is 1. The Kier molecular flexibility index (Phi) is 4.51. The maximum Gasteiger partial charge on any atom is 0.324 e. The topological polar surface area (TPSA) is 75.6 Å². The molecule has 5 heteroatoms. The quantitative estimate of drug-likeness (QED) is 0.725. The highest BCUT2D eigenvalue weighted by atomic mass is 16.5. The third-order valence-corrected chi connectivity index (χ3v) is 3.71. The number of hydrogen-bond acceptors (Lipinski definition) is 4. The van der Waals surface area contributed by atoms with Crippen molar-refractivity contribution in [2.45, 2.75) is 51.1 Å². The normalized spacial score (nSPS) is 30.6. The van der Waals surface area contributed by atoms with E-state index in [1.807, 2.05) is 6.92 Å². The van der Waals surface area contributed by atoms with E-state index in [0.29, 0.717) is 6.42 Å². The largest absolute Gasteiger partial charge is 0.480 e. The van der Waals surface area contributed by atoms with Crippen LogP contribution in [0.4, 0.5) is 0 Å². The summed E-state index contributed by atoms with van der Waals surface area (Å²) in [5.41, 5.74) is -0.994. The van der Waals surface area contributed by atoms with Crippen molar-refractivity contribution in [3.05, 3.63) is 0 Å². The summed E-state index contributed by atoms with van der Waals surface area (Å²) in [6, 6.07) is -0.600. The molecule has 0 saturated heterocycles. The predicted molar refractivity (Wildman–Crippen MR) is 62.6 cm³/mol. The van der Waals surface area contributed by atoms with E-state index in [0.717, 1.165) is 19.3 Å². The van der Waals surface area contributed by atoms with Crippen molar-refractivity contribution in [3.8, 4) is 0 Å². The molecular formula is C12H21NO4. The van der Waals surface area contributed by atoms with Gasteiger partial charge in [-0.2, -0.15) is 0 Å². The van der Waals surface area contributed by atoms with E-state index in [2.05, 4.69) is 10.1 Å². The van der Waals surface area contributed by atoms with Gasteiger partial charge in [-0.3, -0.25) is 14.9 Å². The lowest BCUT2D eigenvalue weighted by Gasteiger charge is -2.41. The molecule has 0 radical (unpaired) electrons. The van der Waals surface area contributed by atoms with Gasteiger partial charge in [-0.15, -0.1) is 0 Å². The van der Waals surface area contributed by atoms with Crippen molar-refractivity contribution in [1.82, 2.24) is 5.32 Å². The van der Waals surface area contributed by atoms with Crippen molar-refractivity contribution in [2.24, 2.45) is 5.92 Å². The molecule has 1 fully saturated rings. The number of aliphatic carboxylic acids is 1. The van der Waals surface area contributed by atoms with Gasteiger partial charge in [-0.1, -0.05) is 19.8 Å². The van der Waals surface area contributed by atoms with Gasteiger partial charge in [-0.25, -0.2) is 0 Å². The van der Waals surface area contributed by atoms with Crippen LogP contribution in [-0.2, 0) is 14.3 Å². The molecule has 17 heavy (non-hydrogen) atoms. The van der Waals surface area contributed by atoms with Crippen LogP contribution in [0.3, 0.4) is 0 Å². The average Bonchev–Trinajstić information content (AvgIpc) is 2.30. The summed E-state index contributed by atoms with van der Waals surface area (Å²) in [5, 5.41) is 12.4. The maximum absolute atomic E-state index is 11.5. The van der Waals surface area contributed by atoms with Crippen LogP contribution in [0.2, 0.25) is 0 Å². The van der Waals surface area contributed by atoms with E-state index in [9.17, 15) is 14.7 Å². The Hall–Kier alpha value is -1.10. The Labute approximate surface area is 102 Å². The second-order valence-electron chi connectivity index (χ2n) is 4.81. The molecule has 0 aromatic carbocycles. The van der Waals surface area contributed by atoms with Crippen molar-refractivity contribution < 1.29 is 19.4 Å². The lowest BCUT2D eigenvalue weighted by Crippen LogP contribution is -2.62. The van der Waals surface area contributed by atoms with Gasteiger partial charge in [0.1, 0.15) is 11.6 Å². The first kappa shape index (κ1) is 14.0. The summed E-state index contributed by atoms with van der Waals surface area (Å²) in [7, 11) is 1.30. The van der Waals surface area contributed by atoms with Gasteiger partial charge >= 0.3 is 11.9 Å². The van der Waals surface area contributed by atoms with Crippen LogP contribution >= 0.6 is 0 Å². The summed E-state index contributed by atoms with van der Waals surface area (Å²) in [4.78, 5) is 22.9. The minimum atomic E-state index is -0.994. The van der Waals surface area contributed by atoms with E-state index in [1.54, 1.807) is 6.92 Å². The molecule has 2 N–H and O–H groups in total. The van der Waals surface area contributed by atoms with Gasteiger partial charge in [0.25, 0.3) is 0 Å². The third kappa shape index (κ3) is 2.77. The number of carbonyl (C=O) groups is 2. The maximum atomic E-state index is 11.5. The number of carbonyl (C=O) groups excluding carboxylic acids is 1. The molecule has 3 atom stereocenters. The monoisotopic (exact) mass is 243 g/mol. The molecule has 1 aliphatic carbocycles. The molecule has 0 amide bonds. The van der Waals surface area contributed by atoms with Gasteiger partial charge in [-0.05, 0) is 25.7 Å². The van der Waals surface area contributed by atoms with Gasteiger partial charge in [0.2, 0.25) is 0 Å². The van der Waals surface area contributed by atoms with Crippen LogP contribution in [0.15, 0.2) is 0 Å². The lowest BCUT2D eigenvalue weighted by atomic mass is 9.73. The summed E-state index contributed by atoms with van der Waals surface area (Å²) in [6.07, 6.45) is 3.35. The van der Waals surface area contributed by atoms with Gasteiger partial charge in [0, 0.05) is 0 Å². The molecule has 0 aromatic heterocycles.